The summed E-state index contributed by atoms with van der Waals surface area (Å²) in [4.78, 5) is 25.8. The lowest BCUT2D eigenvalue weighted by Crippen LogP contribution is -2.50. The number of benzene rings is 1. The SMILES string of the molecule is CCOC(CCCc1ccccc1)[PH](=O)N[C@@H](C)C(=O)N(CC(=O)O)C1CCCCC1. The molecule has 1 aliphatic rings. The number of carbonyl (C=O) groups is 2. The quantitative estimate of drug-likeness (QED) is 0.438. The number of aryl methyl sites for hydroxylation is 1. The number of carboxylic acid groups (broad SMARTS) is 1. The third kappa shape index (κ3) is 8.76. The number of amides is 1. The van der Waals surface area contributed by atoms with Crippen LogP contribution in [0.4, 0.5) is 0 Å². The van der Waals surface area contributed by atoms with E-state index >= 15 is 0 Å². The van der Waals surface area contributed by atoms with Crippen LogP contribution in [0.3, 0.4) is 0 Å². The maximum absolute atomic E-state index is 13.0. The van der Waals surface area contributed by atoms with Gasteiger partial charge in [-0.25, -0.2) is 0 Å². The number of ether oxygens (including phenoxy) is 1. The molecule has 1 fully saturated rings. The Balaban J connectivity index is 1.93. The van der Waals surface area contributed by atoms with Gasteiger partial charge in [0.15, 0.2) is 7.95 Å². The molecule has 174 valence electrons. The lowest BCUT2D eigenvalue weighted by Gasteiger charge is -2.35. The summed E-state index contributed by atoms with van der Waals surface area (Å²) in [5, 5.41) is 12.2. The van der Waals surface area contributed by atoms with Gasteiger partial charge in [-0.1, -0.05) is 49.6 Å². The standard InChI is InChI=1S/C23H37N2O5P/c1-3-30-22(16-10-13-19-11-6-4-7-12-19)31(29)24-18(2)23(28)25(17-21(26)27)20-14-8-5-9-15-20/h4,6-7,11-12,18,20,22,31H,3,5,8-10,13-17H2,1-2H3,(H,24,29)(H,26,27)/t18-,22?/m0/s1. The second kappa shape index (κ2) is 13.7. The normalized spacial score (nSPS) is 17.6. The number of rotatable bonds is 13. The number of nitrogens with zero attached hydrogens (tertiary/aromatic N) is 1. The predicted molar refractivity (Wildman–Crippen MR) is 123 cm³/mol. The summed E-state index contributed by atoms with van der Waals surface area (Å²) in [5.41, 5.74) is 1.23. The zero-order valence-corrected chi connectivity index (χ0v) is 19.7. The van der Waals surface area contributed by atoms with Crippen LogP contribution in [0.5, 0.6) is 0 Å². The maximum atomic E-state index is 13.0. The van der Waals surface area contributed by atoms with Gasteiger partial charge in [-0.05, 0) is 51.5 Å². The van der Waals surface area contributed by atoms with Gasteiger partial charge in [-0.15, -0.1) is 0 Å². The summed E-state index contributed by atoms with van der Waals surface area (Å²) in [5.74, 6) is -1.77. The fraction of sp³-hybridized carbons (Fsp3) is 0.652. The van der Waals surface area contributed by atoms with E-state index in [1.165, 1.54) is 10.5 Å². The van der Waals surface area contributed by atoms with Gasteiger partial charge in [0.25, 0.3) is 0 Å². The van der Waals surface area contributed by atoms with E-state index in [4.69, 9.17) is 4.74 Å². The van der Waals surface area contributed by atoms with E-state index in [2.05, 4.69) is 17.2 Å². The number of hydrogen-bond donors (Lipinski definition) is 2. The van der Waals surface area contributed by atoms with Crippen LogP contribution in [0.1, 0.15) is 64.4 Å². The molecule has 2 N–H and O–H groups in total. The molecule has 3 atom stereocenters. The Bertz CT molecular complexity index is 709. The fourth-order valence-electron chi connectivity index (χ4n) is 4.17. The second-order valence-corrected chi connectivity index (χ2v) is 9.86. The molecule has 0 aromatic heterocycles. The van der Waals surface area contributed by atoms with Crippen molar-refractivity contribution < 1.29 is 24.0 Å². The predicted octanol–water partition coefficient (Wildman–Crippen LogP) is 4.07. The first kappa shape index (κ1) is 25.6. The van der Waals surface area contributed by atoms with Crippen LogP contribution in [0.15, 0.2) is 30.3 Å². The average molecular weight is 453 g/mol. The monoisotopic (exact) mass is 452 g/mol. The third-order valence-corrected chi connectivity index (χ3v) is 7.53. The third-order valence-electron chi connectivity index (χ3n) is 5.77. The number of carbonyl (C=O) groups excluding carboxylic acids is 1. The minimum atomic E-state index is -2.40. The Hall–Kier alpha value is -1.69. The highest BCUT2D eigenvalue weighted by Gasteiger charge is 2.31. The highest BCUT2D eigenvalue weighted by atomic mass is 31.1. The molecule has 1 saturated carbocycles. The minimum Gasteiger partial charge on any atom is -0.480 e. The van der Waals surface area contributed by atoms with Crippen molar-refractivity contribution >= 4 is 19.8 Å². The molecule has 1 aliphatic carbocycles. The smallest absolute Gasteiger partial charge is 0.323 e. The van der Waals surface area contributed by atoms with E-state index in [9.17, 15) is 19.3 Å². The molecule has 0 saturated heterocycles. The van der Waals surface area contributed by atoms with Gasteiger partial charge in [0.1, 0.15) is 12.4 Å². The minimum absolute atomic E-state index is 0.0579. The van der Waals surface area contributed by atoms with Crippen LogP contribution in [0.25, 0.3) is 0 Å². The van der Waals surface area contributed by atoms with Crippen molar-refractivity contribution in [2.24, 2.45) is 0 Å². The van der Waals surface area contributed by atoms with Crippen molar-refractivity contribution in [3.8, 4) is 0 Å². The maximum Gasteiger partial charge on any atom is 0.323 e. The van der Waals surface area contributed by atoms with E-state index in [0.717, 1.165) is 44.9 Å². The highest BCUT2D eigenvalue weighted by molar-refractivity contribution is 7.43. The van der Waals surface area contributed by atoms with Crippen molar-refractivity contribution in [1.29, 1.82) is 0 Å². The first-order chi connectivity index (χ1) is 14.9. The molecule has 2 unspecified atom stereocenters. The molecular formula is C23H37N2O5P. The van der Waals surface area contributed by atoms with E-state index < -0.39 is 25.8 Å². The fourth-order valence-corrected chi connectivity index (χ4v) is 5.69. The van der Waals surface area contributed by atoms with Gasteiger partial charge in [-0.2, -0.15) is 0 Å². The zero-order chi connectivity index (χ0) is 22.6. The summed E-state index contributed by atoms with van der Waals surface area (Å²) in [6.45, 7) is 3.66. The zero-order valence-electron chi connectivity index (χ0n) is 18.7. The van der Waals surface area contributed by atoms with Crippen molar-refractivity contribution in [3.05, 3.63) is 35.9 Å². The van der Waals surface area contributed by atoms with Crippen molar-refractivity contribution in [1.82, 2.24) is 9.99 Å². The highest BCUT2D eigenvalue weighted by Crippen LogP contribution is 2.30. The van der Waals surface area contributed by atoms with Gasteiger partial charge in [0, 0.05) is 12.6 Å². The van der Waals surface area contributed by atoms with Crippen molar-refractivity contribution in [2.45, 2.75) is 83.1 Å². The summed E-state index contributed by atoms with van der Waals surface area (Å²) in [6.07, 6.45) is 7.11. The summed E-state index contributed by atoms with van der Waals surface area (Å²) < 4.78 is 18.7. The van der Waals surface area contributed by atoms with Crippen LogP contribution in [0, 0.1) is 0 Å². The largest absolute Gasteiger partial charge is 0.480 e. The first-order valence-electron chi connectivity index (χ1n) is 11.4. The second-order valence-electron chi connectivity index (χ2n) is 8.20. The Morgan fingerprint density at radius 3 is 2.52 bits per heavy atom. The van der Waals surface area contributed by atoms with Gasteiger partial charge in [0.2, 0.25) is 5.91 Å². The van der Waals surface area contributed by atoms with Crippen LogP contribution < -0.4 is 5.09 Å². The van der Waals surface area contributed by atoms with Crippen LogP contribution in [-0.4, -0.2) is 53.0 Å². The molecule has 0 bridgehead atoms. The molecule has 1 aromatic rings. The Morgan fingerprint density at radius 1 is 1.23 bits per heavy atom. The lowest BCUT2D eigenvalue weighted by molar-refractivity contribution is -0.147. The van der Waals surface area contributed by atoms with Gasteiger partial charge >= 0.3 is 5.97 Å². The Kier molecular flexibility index (Phi) is 11.3. The topological polar surface area (TPSA) is 95.9 Å². The number of nitrogens with one attached hydrogen (secondary N) is 1. The summed E-state index contributed by atoms with van der Waals surface area (Å²) in [6, 6.07) is 9.35. The summed E-state index contributed by atoms with van der Waals surface area (Å²) in [7, 11) is -2.40. The summed E-state index contributed by atoms with van der Waals surface area (Å²) >= 11 is 0. The molecule has 1 aromatic carbocycles. The van der Waals surface area contributed by atoms with E-state index in [1.807, 2.05) is 25.1 Å². The Morgan fingerprint density at radius 2 is 1.90 bits per heavy atom. The van der Waals surface area contributed by atoms with Crippen LogP contribution in [0.2, 0.25) is 0 Å². The van der Waals surface area contributed by atoms with Crippen LogP contribution >= 0.6 is 7.95 Å². The molecule has 8 heteroatoms. The van der Waals surface area contributed by atoms with Gasteiger partial charge in [0.05, 0.1) is 6.04 Å². The molecule has 0 aliphatic heterocycles. The van der Waals surface area contributed by atoms with E-state index in [-0.39, 0.29) is 18.5 Å². The van der Waals surface area contributed by atoms with Crippen LogP contribution in [-0.2, 0) is 25.3 Å². The molecule has 0 heterocycles. The number of aliphatic carboxylic acids is 1. The Labute approximate surface area is 186 Å². The van der Waals surface area contributed by atoms with Crippen molar-refractivity contribution in [3.63, 3.8) is 0 Å². The first-order valence-corrected chi connectivity index (χ1v) is 12.9. The van der Waals surface area contributed by atoms with E-state index in [1.54, 1.807) is 6.92 Å². The van der Waals surface area contributed by atoms with E-state index in [0.29, 0.717) is 13.0 Å². The molecule has 7 nitrogen and oxygen atoms in total. The molecular weight excluding hydrogens is 415 g/mol. The number of carboxylic acids is 1. The molecule has 1 amide bonds. The molecule has 31 heavy (non-hydrogen) atoms. The molecule has 0 spiro atoms. The average Bonchev–Trinajstić information content (AvgIpc) is 2.77. The molecule has 2 rings (SSSR count). The van der Waals surface area contributed by atoms with Gasteiger partial charge < -0.3 is 19.3 Å². The van der Waals surface area contributed by atoms with Gasteiger partial charge in [-0.3, -0.25) is 14.7 Å². The number of hydrogen-bond acceptors (Lipinski definition) is 4. The lowest BCUT2D eigenvalue weighted by atomic mass is 9.94. The van der Waals surface area contributed by atoms with Crippen molar-refractivity contribution in [2.75, 3.05) is 13.2 Å². The molecule has 0 radical (unpaired) electrons.